The van der Waals surface area contributed by atoms with Gasteiger partial charge in [0.15, 0.2) is 23.0 Å². The van der Waals surface area contributed by atoms with Crippen LogP contribution in [0.25, 0.3) is 6.08 Å². The Kier molecular flexibility index (Phi) is 7.22. The van der Waals surface area contributed by atoms with Crippen LogP contribution in [0.5, 0.6) is 23.0 Å². The van der Waals surface area contributed by atoms with Gasteiger partial charge in [0.1, 0.15) is 0 Å². The first-order valence-corrected chi connectivity index (χ1v) is 10.1. The van der Waals surface area contributed by atoms with E-state index in [9.17, 15) is 4.79 Å². The van der Waals surface area contributed by atoms with Crippen molar-refractivity contribution in [1.82, 2.24) is 5.32 Å². The molecule has 1 amide bonds. The molecule has 0 saturated carbocycles. The summed E-state index contributed by atoms with van der Waals surface area (Å²) in [6.07, 6.45) is 4.09. The van der Waals surface area contributed by atoms with Crippen LogP contribution in [0.15, 0.2) is 42.5 Å². The number of para-hydroxylation sites is 1. The Bertz CT molecular complexity index is 906. The van der Waals surface area contributed by atoms with Crippen LogP contribution < -0.4 is 24.3 Å². The van der Waals surface area contributed by atoms with Gasteiger partial charge in [-0.25, -0.2) is 0 Å². The molecule has 1 heterocycles. The molecule has 1 atom stereocenters. The fraction of sp³-hybridized carbons (Fsp3) is 0.375. The number of carbonyl (C=O) groups excluding carboxylic acids is 1. The summed E-state index contributed by atoms with van der Waals surface area (Å²) in [6.45, 7) is 5.42. The van der Waals surface area contributed by atoms with Crippen LogP contribution in [0.2, 0.25) is 0 Å². The zero-order valence-corrected chi connectivity index (χ0v) is 17.9. The molecule has 6 nitrogen and oxygen atoms in total. The molecule has 0 radical (unpaired) electrons. The van der Waals surface area contributed by atoms with Crippen molar-refractivity contribution in [1.29, 1.82) is 0 Å². The van der Waals surface area contributed by atoms with Crippen LogP contribution in [0, 0.1) is 5.92 Å². The van der Waals surface area contributed by atoms with Gasteiger partial charge in [-0.3, -0.25) is 4.79 Å². The highest BCUT2D eigenvalue weighted by Gasteiger charge is 2.20. The summed E-state index contributed by atoms with van der Waals surface area (Å²) >= 11 is 0. The first kappa shape index (κ1) is 21.6. The predicted octanol–water partition coefficient (Wildman–Crippen LogP) is 4.39. The van der Waals surface area contributed by atoms with Gasteiger partial charge in [0.05, 0.1) is 33.5 Å². The molecule has 0 spiro atoms. The standard InChI is InChI=1S/C24H29NO5/c1-16(2)23(18-9-11-19-21(15-18)30-14-6-13-29-19)25-22(26)12-10-17-7-5-8-20(27-3)24(17)28-4/h5,7-12,15-16,23H,6,13-14H2,1-4H3,(H,25,26)/b12-10+. The van der Waals surface area contributed by atoms with Gasteiger partial charge in [0.25, 0.3) is 0 Å². The van der Waals surface area contributed by atoms with Gasteiger partial charge in [-0.05, 0) is 35.8 Å². The highest BCUT2D eigenvalue weighted by molar-refractivity contribution is 5.92. The molecule has 6 heteroatoms. The molecule has 0 fully saturated rings. The summed E-state index contributed by atoms with van der Waals surface area (Å²) in [5.74, 6) is 2.68. The SMILES string of the molecule is COc1cccc(/C=C/C(=O)NC(c2ccc3c(c2)OCCCO3)C(C)C)c1OC. The lowest BCUT2D eigenvalue weighted by molar-refractivity contribution is -0.117. The molecule has 0 aliphatic carbocycles. The summed E-state index contributed by atoms with van der Waals surface area (Å²) in [5.41, 5.74) is 1.75. The Hall–Kier alpha value is -3.15. The van der Waals surface area contributed by atoms with Crippen molar-refractivity contribution in [3.63, 3.8) is 0 Å². The van der Waals surface area contributed by atoms with E-state index in [1.165, 1.54) is 6.08 Å². The molecule has 0 aromatic heterocycles. The molecular formula is C24H29NO5. The Labute approximate surface area is 177 Å². The molecule has 2 aromatic rings. The zero-order valence-electron chi connectivity index (χ0n) is 17.9. The van der Waals surface area contributed by atoms with Gasteiger partial charge >= 0.3 is 0 Å². The number of carbonyl (C=O) groups is 1. The van der Waals surface area contributed by atoms with Crippen molar-refractivity contribution < 1.29 is 23.7 Å². The van der Waals surface area contributed by atoms with E-state index in [4.69, 9.17) is 18.9 Å². The van der Waals surface area contributed by atoms with E-state index in [0.717, 1.165) is 29.0 Å². The van der Waals surface area contributed by atoms with Crippen LogP contribution in [0.1, 0.15) is 37.4 Å². The third-order valence-corrected chi connectivity index (χ3v) is 4.94. The molecule has 3 rings (SSSR count). The van der Waals surface area contributed by atoms with Crippen LogP contribution in [-0.4, -0.2) is 33.3 Å². The highest BCUT2D eigenvalue weighted by Crippen LogP contribution is 2.34. The largest absolute Gasteiger partial charge is 0.493 e. The van der Waals surface area contributed by atoms with Crippen LogP contribution >= 0.6 is 0 Å². The van der Waals surface area contributed by atoms with E-state index < -0.39 is 0 Å². The molecule has 160 valence electrons. The monoisotopic (exact) mass is 411 g/mol. The molecule has 1 aliphatic heterocycles. The average molecular weight is 411 g/mol. The summed E-state index contributed by atoms with van der Waals surface area (Å²) in [6, 6.07) is 11.2. The summed E-state index contributed by atoms with van der Waals surface area (Å²) in [5, 5.41) is 3.10. The molecule has 1 aliphatic rings. The van der Waals surface area contributed by atoms with Crippen molar-refractivity contribution in [3.05, 3.63) is 53.6 Å². The van der Waals surface area contributed by atoms with Crippen LogP contribution in [0.3, 0.4) is 0 Å². The van der Waals surface area contributed by atoms with E-state index >= 15 is 0 Å². The second-order valence-corrected chi connectivity index (χ2v) is 7.40. The lowest BCUT2D eigenvalue weighted by Crippen LogP contribution is -2.30. The maximum Gasteiger partial charge on any atom is 0.244 e. The van der Waals surface area contributed by atoms with Gasteiger partial charge < -0.3 is 24.3 Å². The number of benzene rings is 2. The van der Waals surface area contributed by atoms with Crippen molar-refractivity contribution >= 4 is 12.0 Å². The fourth-order valence-corrected chi connectivity index (χ4v) is 3.42. The number of methoxy groups -OCH3 is 2. The normalized spacial score (nSPS) is 14.3. The summed E-state index contributed by atoms with van der Waals surface area (Å²) in [7, 11) is 3.16. The first-order chi connectivity index (χ1) is 14.5. The third kappa shape index (κ3) is 5.06. The molecule has 0 bridgehead atoms. The lowest BCUT2D eigenvalue weighted by Gasteiger charge is -2.23. The minimum atomic E-state index is -0.189. The van der Waals surface area contributed by atoms with Gasteiger partial charge in [-0.2, -0.15) is 0 Å². The molecule has 0 saturated heterocycles. The second-order valence-electron chi connectivity index (χ2n) is 7.40. The molecule has 2 aromatic carbocycles. The number of rotatable bonds is 7. The first-order valence-electron chi connectivity index (χ1n) is 10.1. The maximum absolute atomic E-state index is 12.7. The van der Waals surface area contributed by atoms with Crippen molar-refractivity contribution in [2.24, 2.45) is 5.92 Å². The summed E-state index contributed by atoms with van der Waals surface area (Å²) in [4.78, 5) is 12.7. The smallest absolute Gasteiger partial charge is 0.244 e. The van der Waals surface area contributed by atoms with E-state index in [2.05, 4.69) is 19.2 Å². The quantitative estimate of drug-likeness (QED) is 0.685. The zero-order chi connectivity index (χ0) is 21.5. The van der Waals surface area contributed by atoms with Crippen LogP contribution in [0.4, 0.5) is 0 Å². The van der Waals surface area contributed by atoms with E-state index in [-0.39, 0.29) is 17.9 Å². The minimum Gasteiger partial charge on any atom is -0.493 e. The number of hydrogen-bond acceptors (Lipinski definition) is 5. The molecule has 1 N–H and O–H groups in total. The molecule has 1 unspecified atom stereocenters. The maximum atomic E-state index is 12.7. The van der Waals surface area contributed by atoms with Gasteiger partial charge in [-0.1, -0.05) is 32.0 Å². The number of nitrogens with one attached hydrogen (secondary N) is 1. The summed E-state index contributed by atoms with van der Waals surface area (Å²) < 4.78 is 22.2. The van der Waals surface area contributed by atoms with Gasteiger partial charge in [-0.15, -0.1) is 0 Å². The van der Waals surface area contributed by atoms with Gasteiger partial charge in [0.2, 0.25) is 5.91 Å². The highest BCUT2D eigenvalue weighted by atomic mass is 16.5. The molecule has 30 heavy (non-hydrogen) atoms. The Balaban J connectivity index is 1.77. The Morgan fingerprint density at radius 1 is 1.07 bits per heavy atom. The van der Waals surface area contributed by atoms with Crippen molar-refractivity contribution in [3.8, 4) is 23.0 Å². The Morgan fingerprint density at radius 2 is 1.83 bits per heavy atom. The van der Waals surface area contributed by atoms with E-state index in [1.54, 1.807) is 20.3 Å². The van der Waals surface area contributed by atoms with Crippen molar-refractivity contribution in [2.75, 3.05) is 27.4 Å². The average Bonchev–Trinajstić information content (AvgIpc) is 3.00. The minimum absolute atomic E-state index is 0.161. The van der Waals surface area contributed by atoms with E-state index in [0.29, 0.717) is 24.7 Å². The van der Waals surface area contributed by atoms with E-state index in [1.807, 2.05) is 36.4 Å². The second kappa shape index (κ2) is 10.1. The lowest BCUT2D eigenvalue weighted by atomic mass is 9.95. The van der Waals surface area contributed by atoms with Crippen molar-refractivity contribution in [2.45, 2.75) is 26.3 Å². The fourth-order valence-electron chi connectivity index (χ4n) is 3.42. The van der Waals surface area contributed by atoms with Crippen LogP contribution in [-0.2, 0) is 4.79 Å². The van der Waals surface area contributed by atoms with Gasteiger partial charge in [0, 0.05) is 18.1 Å². The number of hydrogen-bond donors (Lipinski definition) is 1. The third-order valence-electron chi connectivity index (χ3n) is 4.94. The number of fused-ring (bicyclic) bond motifs is 1. The number of amides is 1. The topological polar surface area (TPSA) is 66.0 Å². The predicted molar refractivity (Wildman–Crippen MR) is 116 cm³/mol. The Morgan fingerprint density at radius 3 is 2.53 bits per heavy atom. The molecular weight excluding hydrogens is 382 g/mol. The number of ether oxygens (including phenoxy) is 4.